The van der Waals surface area contributed by atoms with Crippen molar-refractivity contribution >= 4 is 5.97 Å². The molecule has 168 valence electrons. The lowest BCUT2D eigenvalue weighted by molar-refractivity contribution is -0.302. The molecule has 0 aliphatic carbocycles. The molecule has 5 atom stereocenters. The van der Waals surface area contributed by atoms with Gasteiger partial charge in [-0.15, -0.1) is 0 Å². The number of rotatable bonds is 9. The Balaban J connectivity index is 1.94. The number of allylic oxidation sites excluding steroid dienone is 1. The first kappa shape index (κ1) is 24.1. The first-order valence-electron chi connectivity index (χ1n) is 9.89. The third-order valence-corrected chi connectivity index (χ3v) is 4.93. The molecule has 5 N–H and O–H groups in total. The smallest absolute Gasteiger partial charge is 0.331 e. The molecule has 2 rings (SSSR count). The van der Waals surface area contributed by atoms with Crippen LogP contribution in [0.4, 0.5) is 0 Å². The molecule has 9 nitrogen and oxygen atoms in total. The molecular weight excluding hydrogens is 396 g/mol. The van der Waals surface area contributed by atoms with Crippen molar-refractivity contribution in [3.05, 3.63) is 35.4 Å². The minimum absolute atomic E-state index is 0.160. The van der Waals surface area contributed by atoms with E-state index in [0.717, 1.165) is 11.1 Å². The van der Waals surface area contributed by atoms with Gasteiger partial charge in [0.25, 0.3) is 0 Å². The predicted octanol–water partition coefficient (Wildman–Crippen LogP) is 0.754. The zero-order valence-electron chi connectivity index (χ0n) is 17.1. The number of hydrogen-bond donors (Lipinski definition) is 5. The van der Waals surface area contributed by atoms with E-state index in [9.17, 15) is 30.3 Å². The number of ether oxygens (including phenoxy) is 3. The van der Waals surface area contributed by atoms with Crippen LogP contribution in [-0.2, 0) is 25.4 Å². The van der Waals surface area contributed by atoms with Gasteiger partial charge in [-0.05, 0) is 43.9 Å². The van der Waals surface area contributed by atoms with Gasteiger partial charge >= 0.3 is 5.97 Å². The van der Waals surface area contributed by atoms with E-state index in [4.69, 9.17) is 14.2 Å². The van der Waals surface area contributed by atoms with Gasteiger partial charge in [0.2, 0.25) is 0 Å². The lowest BCUT2D eigenvalue weighted by Gasteiger charge is -2.41. The Bertz CT molecular complexity index is 733. The third kappa shape index (κ3) is 6.41. The quantitative estimate of drug-likeness (QED) is 0.167. The van der Waals surface area contributed by atoms with Crippen molar-refractivity contribution in [2.75, 3.05) is 13.2 Å². The van der Waals surface area contributed by atoms with Gasteiger partial charge in [0.05, 0.1) is 13.2 Å². The minimum Gasteiger partial charge on any atom is -0.504 e. The molecule has 0 amide bonds. The molecule has 0 radical (unpaired) electrons. The highest BCUT2D eigenvalue weighted by molar-refractivity contribution is 5.82. The van der Waals surface area contributed by atoms with Crippen LogP contribution in [0, 0.1) is 0 Å². The Morgan fingerprint density at radius 1 is 1.20 bits per heavy atom. The summed E-state index contributed by atoms with van der Waals surface area (Å²) in [5, 5.41) is 49.1. The monoisotopic (exact) mass is 426 g/mol. The second-order valence-corrected chi connectivity index (χ2v) is 7.25. The molecule has 1 saturated heterocycles. The summed E-state index contributed by atoms with van der Waals surface area (Å²) in [4.78, 5) is 12.0. The average molecular weight is 426 g/mol. The van der Waals surface area contributed by atoms with Crippen molar-refractivity contribution < 1.29 is 44.5 Å². The second-order valence-electron chi connectivity index (χ2n) is 7.25. The number of carbonyl (C=O) groups excluding carboxylic acids is 1. The van der Waals surface area contributed by atoms with E-state index in [1.54, 1.807) is 13.0 Å². The number of benzene rings is 1. The summed E-state index contributed by atoms with van der Waals surface area (Å²) in [5.74, 6) is -1.12. The summed E-state index contributed by atoms with van der Waals surface area (Å²) < 4.78 is 16.2. The van der Waals surface area contributed by atoms with Crippen molar-refractivity contribution in [1.29, 1.82) is 0 Å². The number of phenolic OH excluding ortho intramolecular Hbond substituents is 2. The van der Waals surface area contributed by atoms with Crippen LogP contribution in [0.15, 0.2) is 29.8 Å². The van der Waals surface area contributed by atoms with E-state index in [2.05, 4.69) is 0 Å². The number of hydrogen-bond acceptors (Lipinski definition) is 9. The van der Waals surface area contributed by atoms with Gasteiger partial charge in [-0.3, -0.25) is 0 Å². The maximum Gasteiger partial charge on any atom is 0.331 e. The predicted molar refractivity (Wildman–Crippen MR) is 106 cm³/mol. The largest absolute Gasteiger partial charge is 0.504 e. The summed E-state index contributed by atoms with van der Waals surface area (Å²) in [6.45, 7) is 3.25. The number of carbonyl (C=O) groups is 1. The SMILES string of the molecule is CCC(C)=CC(=O)OC1C(O)C(CO)OC(OCCCc2ccc(O)c(O)c2)C1O. The Kier molecular flexibility index (Phi) is 9.07. The molecule has 0 saturated carbocycles. The van der Waals surface area contributed by atoms with Crippen molar-refractivity contribution in [3.63, 3.8) is 0 Å². The molecule has 0 spiro atoms. The summed E-state index contributed by atoms with van der Waals surface area (Å²) in [6, 6.07) is 4.50. The molecule has 1 aliphatic rings. The Morgan fingerprint density at radius 2 is 1.93 bits per heavy atom. The van der Waals surface area contributed by atoms with Crippen molar-refractivity contribution in [2.45, 2.75) is 63.8 Å². The third-order valence-electron chi connectivity index (χ3n) is 4.93. The maximum absolute atomic E-state index is 12.0. The molecule has 1 fully saturated rings. The number of aliphatic hydroxyl groups is 3. The Hall–Kier alpha value is -2.17. The van der Waals surface area contributed by atoms with E-state index in [1.165, 1.54) is 18.2 Å². The van der Waals surface area contributed by atoms with Gasteiger partial charge in [0.15, 0.2) is 23.9 Å². The summed E-state index contributed by atoms with van der Waals surface area (Å²) in [7, 11) is 0. The van der Waals surface area contributed by atoms with Crippen LogP contribution < -0.4 is 0 Å². The summed E-state index contributed by atoms with van der Waals surface area (Å²) in [6.07, 6.45) is -3.49. The Labute approximate surface area is 175 Å². The van der Waals surface area contributed by atoms with Crippen LogP contribution in [0.1, 0.15) is 32.3 Å². The lowest BCUT2D eigenvalue weighted by atomic mass is 9.99. The zero-order valence-corrected chi connectivity index (χ0v) is 17.1. The fourth-order valence-corrected chi connectivity index (χ4v) is 3.00. The molecule has 1 heterocycles. The highest BCUT2D eigenvalue weighted by atomic mass is 16.7. The van der Waals surface area contributed by atoms with Crippen LogP contribution in [0.2, 0.25) is 0 Å². The number of aliphatic hydroxyl groups excluding tert-OH is 3. The van der Waals surface area contributed by atoms with E-state index in [-0.39, 0.29) is 18.1 Å². The van der Waals surface area contributed by atoms with E-state index in [1.807, 2.05) is 6.92 Å². The highest BCUT2D eigenvalue weighted by Gasteiger charge is 2.47. The number of aromatic hydroxyl groups is 2. The van der Waals surface area contributed by atoms with Gasteiger partial charge in [-0.1, -0.05) is 18.6 Å². The maximum atomic E-state index is 12.0. The normalized spacial score (nSPS) is 27.1. The number of esters is 1. The van der Waals surface area contributed by atoms with Crippen LogP contribution >= 0.6 is 0 Å². The molecule has 0 bridgehead atoms. The molecule has 1 aromatic carbocycles. The first-order chi connectivity index (χ1) is 14.3. The average Bonchev–Trinajstić information content (AvgIpc) is 2.72. The molecular formula is C21H30O9. The molecule has 1 aliphatic heterocycles. The van der Waals surface area contributed by atoms with Crippen molar-refractivity contribution in [1.82, 2.24) is 0 Å². The summed E-state index contributed by atoms with van der Waals surface area (Å²) >= 11 is 0. The fraction of sp³-hybridized carbons (Fsp3) is 0.571. The van der Waals surface area contributed by atoms with Crippen LogP contribution in [-0.4, -0.2) is 75.4 Å². The van der Waals surface area contributed by atoms with Gasteiger partial charge < -0.3 is 39.7 Å². The van der Waals surface area contributed by atoms with Crippen molar-refractivity contribution in [3.8, 4) is 11.5 Å². The fourth-order valence-electron chi connectivity index (χ4n) is 3.00. The van der Waals surface area contributed by atoms with Crippen LogP contribution in [0.3, 0.4) is 0 Å². The van der Waals surface area contributed by atoms with E-state index in [0.29, 0.717) is 19.3 Å². The zero-order chi connectivity index (χ0) is 22.3. The van der Waals surface area contributed by atoms with Crippen molar-refractivity contribution in [2.24, 2.45) is 0 Å². The molecule has 5 unspecified atom stereocenters. The lowest BCUT2D eigenvalue weighted by Crippen LogP contribution is -2.60. The molecule has 1 aromatic rings. The van der Waals surface area contributed by atoms with Gasteiger partial charge in [0.1, 0.15) is 18.3 Å². The number of aryl methyl sites for hydroxylation is 1. The topological polar surface area (TPSA) is 146 Å². The van der Waals surface area contributed by atoms with Crippen LogP contribution in [0.25, 0.3) is 0 Å². The van der Waals surface area contributed by atoms with E-state index < -0.39 is 43.3 Å². The minimum atomic E-state index is -1.44. The van der Waals surface area contributed by atoms with Gasteiger partial charge in [-0.25, -0.2) is 4.79 Å². The van der Waals surface area contributed by atoms with Gasteiger partial charge in [0, 0.05) is 6.08 Å². The standard InChI is InChI=1S/C21H30O9/c1-3-12(2)9-17(25)30-20-18(26)16(11-22)29-21(19(20)27)28-8-4-5-13-6-7-14(23)15(24)10-13/h6-7,9-10,16,18-24,26-27H,3-5,8,11H2,1-2H3. The molecule has 0 aromatic heterocycles. The highest BCUT2D eigenvalue weighted by Crippen LogP contribution is 2.27. The second kappa shape index (κ2) is 11.3. The van der Waals surface area contributed by atoms with E-state index >= 15 is 0 Å². The van der Waals surface area contributed by atoms with Gasteiger partial charge in [-0.2, -0.15) is 0 Å². The number of phenols is 2. The molecule has 30 heavy (non-hydrogen) atoms. The van der Waals surface area contributed by atoms with Crippen LogP contribution in [0.5, 0.6) is 11.5 Å². The summed E-state index contributed by atoms with van der Waals surface area (Å²) in [5.41, 5.74) is 1.57. The first-order valence-corrected chi connectivity index (χ1v) is 9.89. The molecule has 9 heteroatoms. The Morgan fingerprint density at radius 3 is 2.57 bits per heavy atom.